The van der Waals surface area contributed by atoms with Gasteiger partial charge in [-0.25, -0.2) is 4.98 Å². The zero-order chi connectivity index (χ0) is 16.6. The van der Waals surface area contributed by atoms with Crippen LogP contribution in [-0.4, -0.2) is 39.8 Å². The lowest BCUT2D eigenvalue weighted by molar-refractivity contribution is 0.107. The van der Waals surface area contributed by atoms with Gasteiger partial charge in [0.1, 0.15) is 0 Å². The SMILES string of the molecule is CO[C@H]1C[C@H](c2nnc(C)o2)N(Cc2csc(C(C)(C)C)n2)C1. The monoisotopic (exact) mass is 336 g/mol. The van der Waals surface area contributed by atoms with Crippen LogP contribution in [0.25, 0.3) is 0 Å². The van der Waals surface area contributed by atoms with Crippen molar-refractivity contribution in [2.24, 2.45) is 0 Å². The molecule has 0 aliphatic carbocycles. The molecule has 3 rings (SSSR count). The Morgan fingerprint density at radius 1 is 1.39 bits per heavy atom. The van der Waals surface area contributed by atoms with E-state index in [1.54, 1.807) is 18.4 Å². The molecule has 126 valence electrons. The van der Waals surface area contributed by atoms with E-state index < -0.39 is 0 Å². The first kappa shape index (κ1) is 16.5. The number of methoxy groups -OCH3 is 1. The van der Waals surface area contributed by atoms with Gasteiger partial charge in [0.05, 0.1) is 22.8 Å². The fourth-order valence-corrected chi connectivity index (χ4v) is 3.74. The summed E-state index contributed by atoms with van der Waals surface area (Å²) in [4.78, 5) is 7.12. The standard InChI is InChI=1S/C16H24N4O2S/c1-10-18-19-14(22-10)13-6-12(21-5)8-20(13)7-11-9-23-15(17-11)16(2,3)4/h9,12-13H,6-8H2,1-5H3/t12-,13+/m0/s1. The molecular weight excluding hydrogens is 312 g/mol. The summed E-state index contributed by atoms with van der Waals surface area (Å²) in [7, 11) is 1.75. The van der Waals surface area contributed by atoms with Gasteiger partial charge in [-0.1, -0.05) is 20.8 Å². The first-order chi connectivity index (χ1) is 10.9. The van der Waals surface area contributed by atoms with Gasteiger partial charge in [0.25, 0.3) is 0 Å². The highest BCUT2D eigenvalue weighted by Crippen LogP contribution is 2.34. The Labute approximate surface area is 140 Å². The summed E-state index contributed by atoms with van der Waals surface area (Å²) in [6.07, 6.45) is 1.06. The van der Waals surface area contributed by atoms with Crippen molar-refractivity contribution in [1.29, 1.82) is 0 Å². The van der Waals surface area contributed by atoms with Crippen LogP contribution in [-0.2, 0) is 16.7 Å². The molecule has 2 aromatic rings. The average Bonchev–Trinajstić information content (AvgIpc) is 3.17. The predicted molar refractivity (Wildman–Crippen MR) is 88.4 cm³/mol. The number of likely N-dealkylation sites (tertiary alicyclic amines) is 1. The molecule has 0 aromatic carbocycles. The van der Waals surface area contributed by atoms with Gasteiger partial charge in [0, 0.05) is 37.9 Å². The Hall–Kier alpha value is -1.31. The van der Waals surface area contributed by atoms with Crippen LogP contribution < -0.4 is 0 Å². The van der Waals surface area contributed by atoms with Gasteiger partial charge in [-0.3, -0.25) is 4.90 Å². The minimum atomic E-state index is 0.0893. The minimum Gasteiger partial charge on any atom is -0.424 e. The molecule has 1 aliphatic rings. The molecule has 0 radical (unpaired) electrons. The molecule has 1 aliphatic heterocycles. The van der Waals surface area contributed by atoms with Crippen molar-refractivity contribution in [2.45, 2.75) is 58.2 Å². The molecule has 0 amide bonds. The quantitative estimate of drug-likeness (QED) is 0.855. The van der Waals surface area contributed by atoms with Crippen LogP contribution in [0, 0.1) is 6.92 Å². The maximum Gasteiger partial charge on any atom is 0.233 e. The summed E-state index contributed by atoms with van der Waals surface area (Å²) in [5.74, 6) is 1.28. The van der Waals surface area contributed by atoms with Crippen LogP contribution in [0.4, 0.5) is 0 Å². The zero-order valence-corrected chi connectivity index (χ0v) is 15.2. The number of nitrogens with zero attached hydrogens (tertiary/aromatic N) is 4. The highest BCUT2D eigenvalue weighted by Gasteiger charge is 2.37. The summed E-state index contributed by atoms with van der Waals surface area (Å²) in [5.41, 5.74) is 1.18. The largest absolute Gasteiger partial charge is 0.424 e. The van der Waals surface area contributed by atoms with Gasteiger partial charge in [-0.15, -0.1) is 21.5 Å². The summed E-state index contributed by atoms with van der Waals surface area (Å²) in [6, 6.07) is 0.0981. The lowest BCUT2D eigenvalue weighted by Crippen LogP contribution is -2.25. The van der Waals surface area contributed by atoms with E-state index in [2.05, 4.69) is 41.2 Å². The molecule has 6 nitrogen and oxygen atoms in total. The number of hydrogen-bond donors (Lipinski definition) is 0. The zero-order valence-electron chi connectivity index (χ0n) is 14.4. The van der Waals surface area contributed by atoms with Crippen molar-refractivity contribution in [3.63, 3.8) is 0 Å². The molecular formula is C16H24N4O2S. The van der Waals surface area contributed by atoms with Crippen molar-refractivity contribution in [3.8, 4) is 0 Å². The molecule has 2 aromatic heterocycles. The Morgan fingerprint density at radius 2 is 2.17 bits per heavy atom. The summed E-state index contributed by atoms with van der Waals surface area (Å²) in [6.45, 7) is 10.0. The van der Waals surface area contributed by atoms with Crippen molar-refractivity contribution >= 4 is 11.3 Å². The lowest BCUT2D eigenvalue weighted by atomic mass is 9.98. The van der Waals surface area contributed by atoms with Gasteiger partial charge >= 0.3 is 0 Å². The second-order valence-electron chi connectivity index (χ2n) is 7.09. The number of hydrogen-bond acceptors (Lipinski definition) is 7. The Morgan fingerprint density at radius 3 is 2.74 bits per heavy atom. The first-order valence-corrected chi connectivity index (χ1v) is 8.76. The lowest BCUT2D eigenvalue weighted by Gasteiger charge is -2.20. The summed E-state index contributed by atoms with van der Waals surface area (Å²) >= 11 is 1.73. The van der Waals surface area contributed by atoms with Crippen LogP contribution in [0.15, 0.2) is 9.80 Å². The molecule has 0 N–H and O–H groups in total. The van der Waals surface area contributed by atoms with E-state index in [1.165, 1.54) is 5.01 Å². The van der Waals surface area contributed by atoms with E-state index in [9.17, 15) is 0 Å². The number of ether oxygens (including phenoxy) is 1. The molecule has 1 saturated heterocycles. The van der Waals surface area contributed by atoms with E-state index in [0.717, 1.165) is 25.2 Å². The average molecular weight is 336 g/mol. The first-order valence-electron chi connectivity index (χ1n) is 7.88. The van der Waals surface area contributed by atoms with Crippen molar-refractivity contribution in [2.75, 3.05) is 13.7 Å². The molecule has 1 fully saturated rings. The third-order valence-corrected chi connectivity index (χ3v) is 5.40. The van der Waals surface area contributed by atoms with E-state index in [4.69, 9.17) is 14.1 Å². The minimum absolute atomic E-state index is 0.0893. The Bertz CT molecular complexity index is 661. The maximum absolute atomic E-state index is 5.65. The van der Waals surface area contributed by atoms with Gasteiger partial charge in [-0.05, 0) is 6.42 Å². The third kappa shape index (κ3) is 3.62. The molecule has 2 atom stereocenters. The molecule has 7 heteroatoms. The van der Waals surface area contributed by atoms with Gasteiger partial charge in [0.2, 0.25) is 11.8 Å². The highest BCUT2D eigenvalue weighted by atomic mass is 32.1. The number of rotatable bonds is 4. The summed E-state index contributed by atoms with van der Waals surface area (Å²) in [5, 5.41) is 11.5. The Balaban J connectivity index is 1.77. The molecule has 23 heavy (non-hydrogen) atoms. The number of thiazole rings is 1. The van der Waals surface area contributed by atoms with Crippen LogP contribution in [0.5, 0.6) is 0 Å². The van der Waals surface area contributed by atoms with Crippen molar-refractivity contribution in [3.05, 3.63) is 27.9 Å². The highest BCUT2D eigenvalue weighted by molar-refractivity contribution is 7.09. The molecule has 0 bridgehead atoms. The van der Waals surface area contributed by atoms with Crippen molar-refractivity contribution < 1.29 is 9.15 Å². The van der Waals surface area contributed by atoms with Gasteiger partial charge in [-0.2, -0.15) is 0 Å². The van der Waals surface area contributed by atoms with Crippen LogP contribution in [0.2, 0.25) is 0 Å². The van der Waals surface area contributed by atoms with Crippen molar-refractivity contribution in [1.82, 2.24) is 20.1 Å². The predicted octanol–water partition coefficient (Wildman–Crippen LogP) is 3.09. The van der Waals surface area contributed by atoms with Crippen LogP contribution in [0.1, 0.15) is 55.7 Å². The topological polar surface area (TPSA) is 64.3 Å². The number of aromatic nitrogens is 3. The van der Waals surface area contributed by atoms with Gasteiger partial charge in [0.15, 0.2) is 0 Å². The molecule has 0 saturated carbocycles. The summed E-state index contributed by atoms with van der Waals surface area (Å²) < 4.78 is 11.2. The number of aryl methyl sites for hydroxylation is 1. The fraction of sp³-hybridized carbons (Fsp3) is 0.688. The van der Waals surface area contributed by atoms with Crippen LogP contribution >= 0.6 is 11.3 Å². The smallest absolute Gasteiger partial charge is 0.233 e. The van der Waals surface area contributed by atoms with Gasteiger partial charge < -0.3 is 9.15 Å². The second kappa shape index (κ2) is 6.30. The Kier molecular flexibility index (Phi) is 4.53. The van der Waals surface area contributed by atoms with Crippen LogP contribution in [0.3, 0.4) is 0 Å². The third-order valence-electron chi connectivity index (χ3n) is 4.08. The molecule has 0 spiro atoms. The van der Waals surface area contributed by atoms with E-state index in [-0.39, 0.29) is 17.6 Å². The molecule has 3 heterocycles. The molecule has 0 unspecified atom stereocenters. The van der Waals surface area contributed by atoms with E-state index in [1.807, 2.05) is 6.92 Å². The maximum atomic E-state index is 5.65. The fourth-order valence-electron chi connectivity index (χ4n) is 2.84. The van der Waals surface area contributed by atoms with E-state index in [0.29, 0.717) is 11.8 Å². The van der Waals surface area contributed by atoms with E-state index >= 15 is 0 Å². The normalized spacial score (nSPS) is 22.8. The second-order valence-corrected chi connectivity index (χ2v) is 7.95.